The fourth-order valence-electron chi connectivity index (χ4n) is 3.03. The van der Waals surface area contributed by atoms with Gasteiger partial charge in [-0.25, -0.2) is 4.68 Å². The highest BCUT2D eigenvalue weighted by atomic mass is 35.5. The van der Waals surface area contributed by atoms with Gasteiger partial charge in [0.25, 0.3) is 5.91 Å². The highest BCUT2D eigenvalue weighted by Gasteiger charge is 2.18. The van der Waals surface area contributed by atoms with Gasteiger partial charge in [-0.2, -0.15) is 5.10 Å². The summed E-state index contributed by atoms with van der Waals surface area (Å²) < 4.78 is 6.70. The van der Waals surface area contributed by atoms with Crippen LogP contribution >= 0.6 is 11.6 Å². The number of aromatic nitrogens is 2. The Morgan fingerprint density at radius 1 is 1.03 bits per heavy atom. The number of anilines is 1. The van der Waals surface area contributed by atoms with E-state index in [-0.39, 0.29) is 5.69 Å². The number of carbonyl (C=O) groups is 1. The summed E-state index contributed by atoms with van der Waals surface area (Å²) >= 11 is 6.12. The van der Waals surface area contributed by atoms with Crippen molar-refractivity contribution in [2.75, 3.05) is 12.4 Å². The van der Waals surface area contributed by atoms with Gasteiger partial charge in [0.2, 0.25) is 5.43 Å². The average molecular weight is 406 g/mol. The molecule has 0 saturated heterocycles. The van der Waals surface area contributed by atoms with E-state index in [2.05, 4.69) is 10.4 Å². The maximum absolute atomic E-state index is 12.9. The molecular weight excluding hydrogens is 390 g/mol. The molecule has 7 heteroatoms. The fourth-order valence-corrected chi connectivity index (χ4v) is 3.28. The number of hydrogen-bond donors (Lipinski definition) is 1. The van der Waals surface area contributed by atoms with Crippen molar-refractivity contribution < 1.29 is 9.53 Å². The van der Waals surface area contributed by atoms with E-state index in [1.807, 2.05) is 36.4 Å². The van der Waals surface area contributed by atoms with Gasteiger partial charge in [-0.15, -0.1) is 0 Å². The number of nitrogens with one attached hydrogen (secondary N) is 1. The van der Waals surface area contributed by atoms with Crippen molar-refractivity contribution in [2.24, 2.45) is 0 Å². The van der Waals surface area contributed by atoms with Crippen LogP contribution in [0.3, 0.4) is 0 Å². The second kappa shape index (κ2) is 7.77. The van der Waals surface area contributed by atoms with Gasteiger partial charge in [0.1, 0.15) is 5.75 Å². The van der Waals surface area contributed by atoms with Gasteiger partial charge in [0.05, 0.1) is 28.7 Å². The molecule has 1 heterocycles. The van der Waals surface area contributed by atoms with Crippen LogP contribution in [0.4, 0.5) is 5.69 Å². The SMILES string of the molecule is COc1ccc(NC(=O)c2nn(-c3ccccc3)c3ccccc3c2=O)cc1Cl. The molecular formula is C22H16ClN3O3. The van der Waals surface area contributed by atoms with Crippen LogP contribution in [0.2, 0.25) is 5.02 Å². The van der Waals surface area contributed by atoms with Crippen molar-refractivity contribution in [3.8, 4) is 11.4 Å². The Labute approximate surface area is 171 Å². The second-order valence-electron chi connectivity index (χ2n) is 6.25. The second-order valence-corrected chi connectivity index (χ2v) is 6.65. The van der Waals surface area contributed by atoms with Crippen LogP contribution in [-0.2, 0) is 0 Å². The molecule has 1 aromatic heterocycles. The van der Waals surface area contributed by atoms with Gasteiger partial charge in [0.15, 0.2) is 5.69 Å². The smallest absolute Gasteiger partial charge is 0.280 e. The molecule has 0 unspecified atom stereocenters. The summed E-state index contributed by atoms with van der Waals surface area (Å²) in [5, 5.41) is 7.79. The third-order valence-corrected chi connectivity index (χ3v) is 4.71. The number of benzene rings is 3. The highest BCUT2D eigenvalue weighted by Crippen LogP contribution is 2.27. The largest absolute Gasteiger partial charge is 0.495 e. The van der Waals surface area contributed by atoms with Crippen LogP contribution in [0.5, 0.6) is 5.75 Å². The fraction of sp³-hybridized carbons (Fsp3) is 0.0455. The number of nitrogens with zero attached hydrogens (tertiary/aromatic N) is 2. The third-order valence-electron chi connectivity index (χ3n) is 4.42. The minimum absolute atomic E-state index is 0.209. The number of ether oxygens (including phenoxy) is 1. The molecule has 0 aliphatic rings. The van der Waals surface area contributed by atoms with Gasteiger partial charge in [-0.3, -0.25) is 9.59 Å². The Balaban J connectivity index is 1.81. The molecule has 1 N–H and O–H groups in total. The van der Waals surface area contributed by atoms with Crippen molar-refractivity contribution in [1.29, 1.82) is 0 Å². The molecule has 0 saturated carbocycles. The monoisotopic (exact) mass is 405 g/mol. The lowest BCUT2D eigenvalue weighted by Crippen LogP contribution is -2.26. The van der Waals surface area contributed by atoms with Crippen LogP contribution in [0.15, 0.2) is 77.6 Å². The number of amides is 1. The summed E-state index contributed by atoms with van der Waals surface area (Å²) in [7, 11) is 1.50. The van der Waals surface area contributed by atoms with Gasteiger partial charge in [-0.05, 0) is 42.5 Å². The van der Waals surface area contributed by atoms with Crippen molar-refractivity contribution in [2.45, 2.75) is 0 Å². The average Bonchev–Trinajstić information content (AvgIpc) is 2.75. The molecule has 0 radical (unpaired) electrons. The number of halogens is 1. The van der Waals surface area contributed by atoms with E-state index < -0.39 is 11.3 Å². The van der Waals surface area contributed by atoms with Crippen LogP contribution in [0.25, 0.3) is 16.6 Å². The van der Waals surface area contributed by atoms with Crippen molar-refractivity contribution in [1.82, 2.24) is 9.78 Å². The van der Waals surface area contributed by atoms with Crippen molar-refractivity contribution in [3.05, 3.63) is 93.7 Å². The maximum atomic E-state index is 12.9. The molecule has 0 atom stereocenters. The standard InChI is InChI=1S/C22H16ClN3O3/c1-29-19-12-11-14(13-17(19)23)24-22(28)20-21(27)16-9-5-6-10-18(16)26(25-20)15-7-3-2-4-8-15/h2-13H,1H3,(H,24,28). The summed E-state index contributed by atoms with van der Waals surface area (Å²) in [6.45, 7) is 0. The van der Waals surface area contributed by atoms with Crippen molar-refractivity contribution in [3.63, 3.8) is 0 Å². The zero-order chi connectivity index (χ0) is 20.4. The normalized spacial score (nSPS) is 10.7. The van der Waals surface area contributed by atoms with E-state index in [1.165, 1.54) is 7.11 Å². The minimum atomic E-state index is -0.619. The zero-order valence-corrected chi connectivity index (χ0v) is 16.2. The third kappa shape index (κ3) is 3.58. The number of para-hydroxylation sites is 2. The van der Waals surface area contributed by atoms with E-state index in [0.717, 1.165) is 5.69 Å². The molecule has 1 amide bonds. The molecule has 29 heavy (non-hydrogen) atoms. The first-order valence-corrected chi connectivity index (χ1v) is 9.18. The summed E-state index contributed by atoms with van der Waals surface area (Å²) in [6, 6.07) is 21.2. The maximum Gasteiger partial charge on any atom is 0.280 e. The first kappa shape index (κ1) is 18.7. The molecule has 4 rings (SSSR count). The Kier molecular flexibility index (Phi) is 5.01. The van der Waals surface area contributed by atoms with E-state index in [0.29, 0.717) is 27.4 Å². The Morgan fingerprint density at radius 3 is 2.48 bits per heavy atom. The van der Waals surface area contributed by atoms with Gasteiger partial charge >= 0.3 is 0 Å². The molecule has 0 bridgehead atoms. The quantitative estimate of drug-likeness (QED) is 0.549. The van der Waals surface area contributed by atoms with Crippen LogP contribution in [0.1, 0.15) is 10.5 Å². The van der Waals surface area contributed by atoms with Crippen LogP contribution < -0.4 is 15.5 Å². The lowest BCUT2D eigenvalue weighted by atomic mass is 10.2. The van der Waals surface area contributed by atoms with E-state index >= 15 is 0 Å². The topological polar surface area (TPSA) is 73.2 Å². The van der Waals surface area contributed by atoms with Crippen LogP contribution in [0, 0.1) is 0 Å². The molecule has 4 aromatic rings. The van der Waals surface area contributed by atoms with E-state index in [9.17, 15) is 9.59 Å². The molecule has 3 aromatic carbocycles. The first-order chi connectivity index (χ1) is 14.1. The highest BCUT2D eigenvalue weighted by molar-refractivity contribution is 6.32. The minimum Gasteiger partial charge on any atom is -0.495 e. The zero-order valence-electron chi connectivity index (χ0n) is 15.4. The lowest BCUT2D eigenvalue weighted by molar-refractivity contribution is 0.102. The molecule has 0 fully saturated rings. The number of carbonyl (C=O) groups excluding carboxylic acids is 1. The predicted molar refractivity (Wildman–Crippen MR) is 113 cm³/mol. The number of rotatable bonds is 4. The molecule has 0 aliphatic carbocycles. The molecule has 144 valence electrons. The molecule has 0 spiro atoms. The lowest BCUT2D eigenvalue weighted by Gasteiger charge is -2.12. The Morgan fingerprint density at radius 2 is 1.76 bits per heavy atom. The van der Waals surface area contributed by atoms with Crippen LogP contribution in [-0.4, -0.2) is 22.8 Å². The summed E-state index contributed by atoms with van der Waals surface area (Å²) in [5.41, 5.74) is 1.14. The first-order valence-electron chi connectivity index (χ1n) is 8.81. The number of fused-ring (bicyclic) bond motifs is 1. The number of methoxy groups -OCH3 is 1. The summed E-state index contributed by atoms with van der Waals surface area (Å²) in [6.07, 6.45) is 0. The number of hydrogen-bond acceptors (Lipinski definition) is 4. The summed E-state index contributed by atoms with van der Waals surface area (Å²) in [5.74, 6) is -0.133. The molecule has 0 aliphatic heterocycles. The Hall–Kier alpha value is -3.64. The van der Waals surface area contributed by atoms with Crippen molar-refractivity contribution >= 4 is 34.1 Å². The predicted octanol–water partition coefficient (Wildman–Crippen LogP) is 4.30. The summed E-state index contributed by atoms with van der Waals surface area (Å²) in [4.78, 5) is 25.8. The van der Waals surface area contributed by atoms with Gasteiger partial charge in [-0.1, -0.05) is 41.9 Å². The van der Waals surface area contributed by atoms with Gasteiger partial charge in [0, 0.05) is 5.69 Å². The van der Waals surface area contributed by atoms with E-state index in [1.54, 1.807) is 41.1 Å². The van der Waals surface area contributed by atoms with E-state index in [4.69, 9.17) is 16.3 Å². The Bertz CT molecular complexity index is 1270. The molecule has 6 nitrogen and oxygen atoms in total. The van der Waals surface area contributed by atoms with Gasteiger partial charge < -0.3 is 10.1 Å².